The first-order valence-electron chi connectivity index (χ1n) is 35.1. The molecule has 108 heavy (non-hydrogen) atoms. The lowest BCUT2D eigenvalue weighted by molar-refractivity contribution is -0.151. The van der Waals surface area contributed by atoms with Gasteiger partial charge in [0.05, 0.1) is 47.6 Å². The zero-order valence-electron chi connectivity index (χ0n) is 62.0. The van der Waals surface area contributed by atoms with Crippen molar-refractivity contribution in [3.05, 3.63) is 86.4 Å². The maximum absolute atomic E-state index is 13.3. The van der Waals surface area contributed by atoms with Crippen molar-refractivity contribution in [1.29, 1.82) is 0 Å². The maximum Gasteiger partial charge on any atom is 0.416 e. The summed E-state index contributed by atoms with van der Waals surface area (Å²) in [7, 11) is 0. The van der Waals surface area contributed by atoms with Crippen LogP contribution in [0.15, 0.2) is 54.6 Å². The van der Waals surface area contributed by atoms with Crippen LogP contribution < -0.4 is 26.6 Å². The number of anilines is 3. The Morgan fingerprint density at radius 1 is 0.611 bits per heavy atom. The Kier molecular flexibility index (Phi) is 34.1. The summed E-state index contributed by atoms with van der Waals surface area (Å²) in [6.45, 7) is 22.9. The van der Waals surface area contributed by atoms with Gasteiger partial charge in [0.15, 0.2) is 5.78 Å². The van der Waals surface area contributed by atoms with E-state index in [0.717, 1.165) is 35.5 Å². The molecule has 9 N–H and O–H groups in total. The highest BCUT2D eigenvalue weighted by atomic mass is 35.5. The van der Waals surface area contributed by atoms with Gasteiger partial charge in [-0.2, -0.15) is 26.3 Å². The molecule has 8 rings (SSSR count). The Bertz CT molecular complexity index is 3580. The lowest BCUT2D eigenvalue weighted by atomic mass is 9.88. The predicted molar refractivity (Wildman–Crippen MR) is 394 cm³/mol. The molecule has 5 saturated heterocycles. The summed E-state index contributed by atoms with van der Waals surface area (Å²) in [5, 5.41) is 47.5. The number of nitrogens with one attached hydrogen (secondary N) is 3. The van der Waals surface area contributed by atoms with E-state index in [2.05, 4.69) is 16.0 Å². The molecule has 4 unspecified atom stereocenters. The quantitative estimate of drug-likeness (QED) is 0.0269. The number of nitrogens with zero attached hydrogens (tertiary/aromatic N) is 5. The number of aliphatic hydroxyl groups is 1. The number of aryl methyl sites for hydroxylation is 1. The van der Waals surface area contributed by atoms with Gasteiger partial charge in [0.25, 0.3) is 0 Å². The fraction of sp³-hybridized carbons (Fsp3) is 0.630. The minimum absolute atomic E-state index is 0. The van der Waals surface area contributed by atoms with Crippen LogP contribution in [-0.4, -0.2) is 212 Å². The van der Waals surface area contributed by atoms with Crippen molar-refractivity contribution in [2.24, 2.45) is 23.5 Å². The maximum atomic E-state index is 13.3. The zero-order chi connectivity index (χ0) is 80.6. The molecule has 4 amide bonds. The number of halogens is 9. The molecule has 0 aliphatic carbocycles. The number of carbonyl (C=O) groups is 9. The molecule has 35 heteroatoms. The number of Topliss-reactive ketones (excluding diaryl/α,β-unsaturated/α-hetero) is 1. The summed E-state index contributed by atoms with van der Waals surface area (Å²) < 4.78 is 99.8. The van der Waals surface area contributed by atoms with E-state index < -0.39 is 143 Å². The number of amides is 4. The van der Waals surface area contributed by atoms with Gasteiger partial charge in [-0.05, 0) is 208 Å². The second kappa shape index (κ2) is 39.7. The molecule has 3 aromatic carbocycles. The van der Waals surface area contributed by atoms with Crippen molar-refractivity contribution in [2.75, 3.05) is 74.5 Å². The second-order valence-corrected chi connectivity index (χ2v) is 31.1. The van der Waals surface area contributed by atoms with Crippen LogP contribution >= 0.6 is 34.8 Å². The molecule has 5 fully saturated rings. The van der Waals surface area contributed by atoms with E-state index in [1.54, 1.807) is 80.2 Å². The van der Waals surface area contributed by atoms with E-state index in [4.69, 9.17) is 64.6 Å². The Labute approximate surface area is 640 Å². The molecule has 0 spiro atoms. The van der Waals surface area contributed by atoms with E-state index >= 15 is 0 Å². The average Bonchev–Trinajstić information content (AvgIpc) is 0.893. The van der Waals surface area contributed by atoms with Gasteiger partial charge < -0.3 is 85.6 Å². The number of carboxylic acid groups (broad SMARTS) is 3. The van der Waals surface area contributed by atoms with Crippen LogP contribution in [0.5, 0.6) is 0 Å². The van der Waals surface area contributed by atoms with E-state index in [0.29, 0.717) is 63.2 Å². The average molecular weight is 1600 g/mol. The zero-order valence-corrected chi connectivity index (χ0v) is 64.3. The van der Waals surface area contributed by atoms with Crippen molar-refractivity contribution in [2.45, 2.75) is 220 Å². The fourth-order valence-corrected chi connectivity index (χ4v) is 13.4. The molecule has 0 saturated carbocycles. The van der Waals surface area contributed by atoms with Gasteiger partial charge in [-0.15, -0.1) is 0 Å². The second-order valence-electron chi connectivity index (χ2n) is 29.8. The van der Waals surface area contributed by atoms with Crippen LogP contribution in [0.25, 0.3) is 0 Å². The lowest BCUT2D eigenvalue weighted by Gasteiger charge is -2.45. The summed E-state index contributed by atoms with van der Waals surface area (Å²) in [5.41, 5.74) is 3.77. The van der Waals surface area contributed by atoms with Crippen LogP contribution in [0.3, 0.4) is 0 Å². The molecule has 5 aliphatic rings. The summed E-state index contributed by atoms with van der Waals surface area (Å²) in [6, 6.07) is 7.59. The highest BCUT2D eigenvalue weighted by molar-refractivity contribution is 6.31. The fourth-order valence-electron chi connectivity index (χ4n) is 12.6. The molecule has 10 atom stereocenters. The Morgan fingerprint density at radius 2 is 1.08 bits per heavy atom. The molecule has 0 radical (unpaired) electrons. The topological polar surface area (TPSA) is 350 Å². The van der Waals surface area contributed by atoms with Gasteiger partial charge in [-0.25, -0.2) is 19.2 Å². The first-order chi connectivity index (χ1) is 49.4. The number of likely N-dealkylation sites (tertiary alicyclic amines) is 4. The SMILES string of the molecule is C.CC(=O)[C@@H](CCCN[C@H]1CN(C(=O)OC(C)(C)C)CCC1C(=O)O)Nc1cc(Cl)cc(C(F)(F)F)c1.CC(C)(C)OC(=O)N1CCC(C(=O)O)[C@@H](N)C1.CC(C)(C)OC(=O)N1CCC(C(=O)O)[C@@H](N2CCC[C@@H](Nc3cc(Cl)cc(C(F)(F)F)c3)C2=O)C1.CCOC(=O)[C@H]1CCC(O)N1c1cc(C)cc(Cl)c1. The Balaban J connectivity index is 0.000000318. The molecular formula is C73H104Cl3F6N9O17. The van der Waals surface area contributed by atoms with Crippen LogP contribution in [0.4, 0.5) is 57.8 Å². The normalized spacial score (nSPS) is 22.2. The monoisotopic (exact) mass is 1600 g/mol. The van der Waals surface area contributed by atoms with Gasteiger partial charge in [0.2, 0.25) is 5.91 Å². The van der Waals surface area contributed by atoms with Gasteiger partial charge in [-0.1, -0.05) is 42.2 Å². The number of nitrogens with two attached hydrogens (primary N) is 1. The third-order valence-corrected chi connectivity index (χ3v) is 18.2. The Hall–Kier alpha value is -7.78. The summed E-state index contributed by atoms with van der Waals surface area (Å²) in [5.74, 6) is -6.11. The summed E-state index contributed by atoms with van der Waals surface area (Å²) in [6.07, 6.45) is -7.91. The smallest absolute Gasteiger partial charge is 0.416 e. The number of alkyl halides is 6. The molecule has 606 valence electrons. The van der Waals surface area contributed by atoms with E-state index in [1.165, 1.54) is 38.7 Å². The van der Waals surface area contributed by atoms with Crippen LogP contribution in [0.2, 0.25) is 15.1 Å². The number of aliphatic hydroxyl groups excluding tert-OH is 1. The number of hydrogen-bond donors (Lipinski definition) is 8. The number of carbonyl (C=O) groups excluding carboxylic acids is 6. The molecule has 5 aliphatic heterocycles. The number of rotatable bonds is 17. The minimum Gasteiger partial charge on any atom is -0.481 e. The first kappa shape index (κ1) is 92.6. The van der Waals surface area contributed by atoms with Gasteiger partial charge in [-0.3, -0.25) is 24.0 Å². The lowest BCUT2D eigenvalue weighted by Crippen LogP contribution is -2.61. The minimum atomic E-state index is -4.61. The van der Waals surface area contributed by atoms with Crippen LogP contribution in [0, 0.1) is 24.7 Å². The van der Waals surface area contributed by atoms with Crippen molar-refractivity contribution < 1.29 is 109 Å². The number of carboxylic acids is 3. The number of esters is 1. The standard InChI is InChI=1S/C24H33ClF3N3O5.C23H29ClF3N3O5.C14H18ClNO3.C11H20N2O4.CH4/c1-14(32)19(30-17-11-15(24(26,27)28)10-16(25)12-17)6-5-8-29-20-13-31(9-7-18(20)21(33)34)22(35)36-23(2,3)4;1-22(2,3)35-21(34)29-8-6-16(20(32)33)18(12-29)30-7-4-5-17(19(30)31)28-15-10-13(23(25,26)27)9-14(24)11-15;1-3-19-14(18)12-4-5-13(17)16(12)11-7-9(2)6-10(15)8-11;1-11(2,3)17-10(16)13-5-4-7(9(14)15)8(12)6-13;/h10-12,18-20,29-30H,5-9,13H2,1-4H3,(H,33,34);9-11,16-18,28H,4-8,12H2,1-3H3,(H,32,33);6-8,12-13,17H,3-5H2,1-2H3;7-8H,4-6,12H2,1-3H3,(H,14,15);1H4/t18?,19-,20+;16?,17-,18+;12-,13?;7?,8-;/m1110./s1. The van der Waals surface area contributed by atoms with E-state index in [9.17, 15) is 84.8 Å². The number of ketones is 1. The summed E-state index contributed by atoms with van der Waals surface area (Å²) in [4.78, 5) is 116. The number of piperidine rings is 4. The van der Waals surface area contributed by atoms with Gasteiger partial charge in [0.1, 0.15) is 35.1 Å². The molecule has 3 aromatic rings. The van der Waals surface area contributed by atoms with E-state index in [-0.39, 0.29) is 99.1 Å². The molecule has 26 nitrogen and oxygen atoms in total. The Morgan fingerprint density at radius 3 is 1.56 bits per heavy atom. The number of benzene rings is 3. The van der Waals surface area contributed by atoms with Crippen molar-refractivity contribution >= 4 is 106 Å². The molecule has 5 heterocycles. The van der Waals surface area contributed by atoms with Gasteiger partial charge >= 0.3 is 54.5 Å². The molecule has 0 bridgehead atoms. The van der Waals surface area contributed by atoms with Crippen molar-refractivity contribution in [3.8, 4) is 0 Å². The molecular weight excluding hydrogens is 1500 g/mol. The summed E-state index contributed by atoms with van der Waals surface area (Å²) >= 11 is 17.7. The van der Waals surface area contributed by atoms with Gasteiger partial charge in [0, 0.05) is 90.0 Å². The highest BCUT2D eigenvalue weighted by Gasteiger charge is 2.46. The predicted octanol–water partition coefficient (Wildman–Crippen LogP) is 13.1. The molecule has 0 aromatic heterocycles. The largest absolute Gasteiger partial charge is 0.481 e. The van der Waals surface area contributed by atoms with Crippen LogP contribution in [-0.2, 0) is 60.1 Å². The van der Waals surface area contributed by atoms with Crippen molar-refractivity contribution in [3.63, 3.8) is 0 Å². The highest BCUT2D eigenvalue weighted by Crippen LogP contribution is 2.38. The first-order valence-corrected chi connectivity index (χ1v) is 36.2. The third-order valence-electron chi connectivity index (χ3n) is 17.6. The number of hydrogen-bond acceptors (Lipinski definition) is 19. The van der Waals surface area contributed by atoms with Crippen LogP contribution in [0.1, 0.15) is 158 Å². The van der Waals surface area contributed by atoms with E-state index in [1.807, 2.05) is 19.1 Å². The number of aliphatic carboxylic acids is 3. The van der Waals surface area contributed by atoms with Crippen molar-refractivity contribution in [1.82, 2.24) is 24.9 Å². The number of ether oxygens (including phenoxy) is 4. The third kappa shape index (κ3) is 28.9.